The Morgan fingerprint density at radius 2 is 2.15 bits per heavy atom. The number of imidazole rings is 1. The number of hydrogen-bond donors (Lipinski definition) is 3. The number of thiophene rings is 1. The average molecular weight is 382 g/mol. The van der Waals surface area contributed by atoms with Gasteiger partial charge in [0.05, 0.1) is 11.0 Å². The molecule has 3 unspecified atom stereocenters. The van der Waals surface area contributed by atoms with Crippen molar-refractivity contribution in [2.75, 3.05) is 13.1 Å². The highest BCUT2D eigenvalue weighted by atomic mass is 32.1. The maximum Gasteiger partial charge on any atom is 0.241 e. The molecule has 6 nitrogen and oxygen atoms in total. The number of fused-ring (bicyclic) bond motifs is 1. The number of aromatic amines is 1. The topological polar surface area (TPSA) is 73.1 Å². The number of H-pyrrole nitrogens is 1. The Bertz CT molecular complexity index is 904. The summed E-state index contributed by atoms with van der Waals surface area (Å²) in [5.41, 5.74) is 9.80. The maximum atomic E-state index is 13.1. The predicted octanol–water partition coefficient (Wildman–Crippen LogP) is 2.94. The number of likely N-dealkylation sites (tertiary alicyclic amines) is 1. The molecular weight excluding hydrogens is 358 g/mol. The number of rotatable bonds is 3. The highest BCUT2D eigenvalue weighted by Crippen LogP contribution is 2.29. The molecule has 0 aliphatic carbocycles. The van der Waals surface area contributed by atoms with E-state index in [9.17, 15) is 4.79 Å². The minimum absolute atomic E-state index is 0.163. The lowest BCUT2D eigenvalue weighted by Gasteiger charge is -2.33. The molecule has 1 amide bonds. The van der Waals surface area contributed by atoms with Crippen LogP contribution in [0.5, 0.6) is 0 Å². The minimum atomic E-state index is -0.163. The van der Waals surface area contributed by atoms with Gasteiger partial charge in [-0.3, -0.25) is 4.79 Å². The number of amides is 1. The van der Waals surface area contributed by atoms with E-state index >= 15 is 0 Å². The molecule has 2 aliphatic heterocycles. The maximum absolute atomic E-state index is 13.1. The zero-order valence-corrected chi connectivity index (χ0v) is 15.8. The molecule has 7 heteroatoms. The smallest absolute Gasteiger partial charge is 0.241 e. The van der Waals surface area contributed by atoms with Gasteiger partial charge < -0.3 is 9.88 Å². The fourth-order valence-electron chi connectivity index (χ4n) is 4.20. The van der Waals surface area contributed by atoms with Crippen molar-refractivity contribution >= 4 is 28.3 Å². The first-order valence-corrected chi connectivity index (χ1v) is 10.5. The lowest BCUT2D eigenvalue weighted by Crippen LogP contribution is -2.48. The molecule has 0 radical (unpaired) electrons. The van der Waals surface area contributed by atoms with Crippen molar-refractivity contribution in [1.29, 1.82) is 0 Å². The highest BCUT2D eigenvalue weighted by Gasteiger charge is 2.35. The fourth-order valence-corrected chi connectivity index (χ4v) is 4.91. The first kappa shape index (κ1) is 16.9. The number of carbonyl (C=O) groups is 1. The Kier molecular flexibility index (Phi) is 4.43. The molecule has 3 aromatic rings. The van der Waals surface area contributed by atoms with Gasteiger partial charge in [0, 0.05) is 25.0 Å². The third-order valence-corrected chi connectivity index (χ3v) is 6.38. The summed E-state index contributed by atoms with van der Waals surface area (Å²) < 4.78 is 0. The number of nitrogens with zero attached hydrogens (tertiary/aromatic N) is 2. The van der Waals surface area contributed by atoms with E-state index in [0.717, 1.165) is 49.2 Å². The van der Waals surface area contributed by atoms with Gasteiger partial charge in [-0.1, -0.05) is 12.1 Å². The van der Waals surface area contributed by atoms with Gasteiger partial charge in [-0.15, -0.1) is 0 Å². The molecule has 3 N–H and O–H groups in total. The van der Waals surface area contributed by atoms with Crippen LogP contribution in [0.1, 0.15) is 42.6 Å². The van der Waals surface area contributed by atoms with Crippen molar-refractivity contribution in [2.45, 2.75) is 37.3 Å². The van der Waals surface area contributed by atoms with Gasteiger partial charge in [-0.25, -0.2) is 15.8 Å². The summed E-state index contributed by atoms with van der Waals surface area (Å²) in [6.45, 7) is 1.57. The Balaban J connectivity index is 1.27. The van der Waals surface area contributed by atoms with Crippen LogP contribution in [0.25, 0.3) is 11.0 Å². The van der Waals surface area contributed by atoms with Gasteiger partial charge in [-0.05, 0) is 53.8 Å². The molecule has 2 aromatic heterocycles. The van der Waals surface area contributed by atoms with Crippen molar-refractivity contribution in [1.82, 2.24) is 25.7 Å². The van der Waals surface area contributed by atoms with E-state index < -0.39 is 0 Å². The van der Waals surface area contributed by atoms with Crippen LogP contribution in [0.2, 0.25) is 0 Å². The molecule has 4 heterocycles. The molecule has 5 rings (SSSR count). The van der Waals surface area contributed by atoms with Gasteiger partial charge in [0.2, 0.25) is 5.91 Å². The summed E-state index contributed by atoms with van der Waals surface area (Å²) in [6.07, 6.45) is 2.88. The lowest BCUT2D eigenvalue weighted by atomic mass is 9.96. The zero-order valence-electron chi connectivity index (χ0n) is 15.0. The second-order valence-corrected chi connectivity index (χ2v) is 8.23. The molecule has 140 valence electrons. The average Bonchev–Trinajstić information content (AvgIpc) is 3.47. The van der Waals surface area contributed by atoms with E-state index in [0.29, 0.717) is 0 Å². The molecule has 2 saturated heterocycles. The predicted molar refractivity (Wildman–Crippen MR) is 106 cm³/mol. The van der Waals surface area contributed by atoms with Crippen LogP contribution in [0.4, 0.5) is 0 Å². The van der Waals surface area contributed by atoms with Crippen LogP contribution in [0.15, 0.2) is 41.1 Å². The van der Waals surface area contributed by atoms with Crippen LogP contribution < -0.4 is 10.9 Å². The first-order chi connectivity index (χ1) is 13.3. The van der Waals surface area contributed by atoms with Gasteiger partial charge in [0.15, 0.2) is 0 Å². The summed E-state index contributed by atoms with van der Waals surface area (Å²) >= 11 is 1.69. The first-order valence-electron chi connectivity index (χ1n) is 9.54. The molecule has 0 bridgehead atoms. The lowest BCUT2D eigenvalue weighted by molar-refractivity contribution is -0.134. The molecule has 2 aliphatic rings. The third-order valence-electron chi connectivity index (χ3n) is 5.67. The Labute approximate surface area is 162 Å². The van der Waals surface area contributed by atoms with Crippen molar-refractivity contribution in [3.05, 3.63) is 52.5 Å². The fraction of sp³-hybridized carbons (Fsp3) is 0.400. The SMILES string of the molecule is O=C(C1CC(c2ccsc2)NN1)N1CCCC(c2nc3ccccc3[nH]2)C1. The Morgan fingerprint density at radius 3 is 3.00 bits per heavy atom. The van der Waals surface area contributed by atoms with E-state index in [2.05, 4.69) is 38.7 Å². The Hall–Kier alpha value is -2.22. The second kappa shape index (κ2) is 7.07. The van der Waals surface area contributed by atoms with E-state index in [4.69, 9.17) is 4.98 Å². The van der Waals surface area contributed by atoms with E-state index in [1.54, 1.807) is 11.3 Å². The number of aromatic nitrogens is 2. The standard InChI is InChI=1S/C20H23N5OS/c26-20(18-10-17(23-24-18)14-7-9-27-12-14)25-8-3-4-13(11-25)19-21-15-5-1-2-6-16(15)22-19/h1-2,5-7,9,12-13,17-18,23-24H,3-4,8,10-11H2,(H,21,22). The summed E-state index contributed by atoms with van der Waals surface area (Å²) in [5, 5.41) is 4.22. The van der Waals surface area contributed by atoms with Crippen molar-refractivity contribution in [3.63, 3.8) is 0 Å². The minimum Gasteiger partial charge on any atom is -0.342 e. The van der Waals surface area contributed by atoms with Gasteiger partial charge in [-0.2, -0.15) is 11.3 Å². The number of nitrogens with one attached hydrogen (secondary N) is 3. The van der Waals surface area contributed by atoms with Crippen LogP contribution in [-0.4, -0.2) is 39.9 Å². The monoisotopic (exact) mass is 381 g/mol. The van der Waals surface area contributed by atoms with Crippen molar-refractivity contribution in [3.8, 4) is 0 Å². The van der Waals surface area contributed by atoms with E-state index in [1.165, 1.54) is 5.56 Å². The molecule has 1 aromatic carbocycles. The van der Waals surface area contributed by atoms with Crippen LogP contribution >= 0.6 is 11.3 Å². The molecule has 3 atom stereocenters. The van der Waals surface area contributed by atoms with Crippen LogP contribution in [0.3, 0.4) is 0 Å². The number of hydrogen-bond acceptors (Lipinski definition) is 5. The highest BCUT2D eigenvalue weighted by molar-refractivity contribution is 7.07. The summed E-state index contributed by atoms with van der Waals surface area (Å²) in [5.74, 6) is 1.47. The van der Waals surface area contributed by atoms with Crippen molar-refractivity contribution < 1.29 is 4.79 Å². The van der Waals surface area contributed by atoms with Gasteiger partial charge in [0.1, 0.15) is 11.9 Å². The molecule has 0 spiro atoms. The zero-order chi connectivity index (χ0) is 18.2. The molecule has 27 heavy (non-hydrogen) atoms. The summed E-state index contributed by atoms with van der Waals surface area (Å²) in [6, 6.07) is 10.3. The summed E-state index contributed by atoms with van der Waals surface area (Å²) in [7, 11) is 0. The number of para-hydroxylation sites is 2. The van der Waals surface area contributed by atoms with Crippen molar-refractivity contribution in [2.24, 2.45) is 0 Å². The summed E-state index contributed by atoms with van der Waals surface area (Å²) in [4.78, 5) is 23.3. The third kappa shape index (κ3) is 3.26. The normalized spacial score (nSPS) is 25.9. The van der Waals surface area contributed by atoms with Crippen LogP contribution in [0, 0.1) is 0 Å². The number of piperidine rings is 1. The number of hydrazine groups is 1. The quantitative estimate of drug-likeness (QED) is 0.652. The van der Waals surface area contributed by atoms with E-state index in [-0.39, 0.29) is 23.9 Å². The van der Waals surface area contributed by atoms with E-state index in [1.807, 2.05) is 23.1 Å². The molecule has 2 fully saturated rings. The van der Waals surface area contributed by atoms with Crippen LogP contribution in [-0.2, 0) is 4.79 Å². The van der Waals surface area contributed by atoms with Gasteiger partial charge >= 0.3 is 0 Å². The number of benzene rings is 1. The largest absolute Gasteiger partial charge is 0.342 e. The Morgan fingerprint density at radius 1 is 1.22 bits per heavy atom. The second-order valence-electron chi connectivity index (χ2n) is 7.45. The van der Waals surface area contributed by atoms with Gasteiger partial charge in [0.25, 0.3) is 0 Å². The molecular formula is C20H23N5OS. The molecule has 0 saturated carbocycles. The number of carbonyl (C=O) groups excluding carboxylic acids is 1.